The van der Waals surface area contributed by atoms with Crippen molar-refractivity contribution >= 4 is 15.9 Å². The predicted molar refractivity (Wildman–Crippen MR) is 78.9 cm³/mol. The van der Waals surface area contributed by atoms with E-state index in [0.717, 1.165) is 10.9 Å². The molecule has 0 aliphatic rings. The summed E-state index contributed by atoms with van der Waals surface area (Å²) in [4.78, 5) is 0. The van der Waals surface area contributed by atoms with Gasteiger partial charge in [-0.3, -0.25) is 0 Å². The van der Waals surface area contributed by atoms with Gasteiger partial charge in [0.15, 0.2) is 0 Å². The Morgan fingerprint density at radius 3 is 2.44 bits per heavy atom. The van der Waals surface area contributed by atoms with Gasteiger partial charge in [0.2, 0.25) is 0 Å². The lowest BCUT2D eigenvalue weighted by atomic mass is 9.92. The van der Waals surface area contributed by atoms with Crippen molar-refractivity contribution in [1.82, 2.24) is 0 Å². The van der Waals surface area contributed by atoms with Gasteiger partial charge in [-0.05, 0) is 36.6 Å². The monoisotopic (exact) mass is 304 g/mol. The first-order chi connectivity index (χ1) is 8.69. The zero-order chi connectivity index (χ0) is 13.0. The van der Waals surface area contributed by atoms with Crippen LogP contribution in [0.25, 0.3) is 0 Å². The normalized spacial score (nSPS) is 12.4. The molecule has 2 heteroatoms. The average molecular weight is 305 g/mol. The van der Waals surface area contributed by atoms with Gasteiger partial charge in [0.25, 0.3) is 0 Å². The highest BCUT2D eigenvalue weighted by molar-refractivity contribution is 9.10. The summed E-state index contributed by atoms with van der Waals surface area (Å²) in [6.07, 6.45) is 0.868. The molecule has 2 aromatic carbocycles. The molecule has 2 rings (SSSR count). The minimum Gasteiger partial charge on any atom is -0.396 e. The molecule has 0 bridgehead atoms. The smallest absolute Gasteiger partial charge is 0.0502 e. The summed E-state index contributed by atoms with van der Waals surface area (Å²) in [6.45, 7) is 2.26. The molecular formula is C16H17BrO. The van der Waals surface area contributed by atoms with E-state index in [-0.39, 0.29) is 12.5 Å². The molecular weight excluding hydrogens is 288 g/mol. The molecule has 0 spiro atoms. The third kappa shape index (κ3) is 3.44. The van der Waals surface area contributed by atoms with Gasteiger partial charge >= 0.3 is 0 Å². The summed E-state index contributed by atoms with van der Waals surface area (Å²) < 4.78 is 1.09. The summed E-state index contributed by atoms with van der Waals surface area (Å²) in [5.41, 5.74) is 3.70. The second-order valence-electron chi connectivity index (χ2n) is 4.62. The molecule has 1 N–H and O–H groups in total. The van der Waals surface area contributed by atoms with E-state index in [2.05, 4.69) is 59.3 Å². The van der Waals surface area contributed by atoms with E-state index in [4.69, 9.17) is 0 Å². The molecule has 0 aromatic heterocycles. The summed E-state index contributed by atoms with van der Waals surface area (Å²) in [5, 5.41) is 9.58. The lowest BCUT2D eigenvalue weighted by molar-refractivity contribution is 0.264. The molecule has 0 saturated carbocycles. The van der Waals surface area contributed by atoms with E-state index in [0.29, 0.717) is 0 Å². The van der Waals surface area contributed by atoms with Crippen molar-refractivity contribution in [3.05, 3.63) is 69.7 Å². The van der Waals surface area contributed by atoms with E-state index >= 15 is 0 Å². The predicted octanol–water partition coefficient (Wildman–Crippen LogP) is 4.08. The minimum atomic E-state index is 0.172. The Labute approximate surface area is 117 Å². The van der Waals surface area contributed by atoms with Crippen molar-refractivity contribution in [2.45, 2.75) is 19.3 Å². The van der Waals surface area contributed by atoms with Crippen LogP contribution in [-0.4, -0.2) is 11.7 Å². The van der Waals surface area contributed by atoms with Crippen molar-refractivity contribution in [1.29, 1.82) is 0 Å². The molecule has 0 saturated heterocycles. The number of aliphatic hydroxyl groups excluding tert-OH is 1. The second-order valence-corrected chi connectivity index (χ2v) is 5.54. The molecule has 18 heavy (non-hydrogen) atoms. The van der Waals surface area contributed by atoms with Gasteiger partial charge < -0.3 is 5.11 Å². The molecule has 1 nitrogen and oxygen atoms in total. The molecule has 1 atom stereocenters. The number of aryl methyl sites for hydroxylation is 1. The molecule has 2 aromatic rings. The van der Waals surface area contributed by atoms with Gasteiger partial charge in [0, 0.05) is 10.4 Å². The molecule has 94 valence electrons. The van der Waals surface area contributed by atoms with Crippen molar-refractivity contribution in [3.63, 3.8) is 0 Å². The third-order valence-electron chi connectivity index (χ3n) is 3.13. The highest BCUT2D eigenvalue weighted by atomic mass is 79.9. The van der Waals surface area contributed by atoms with E-state index in [1.807, 2.05) is 12.1 Å². The molecule has 0 radical (unpaired) electrons. The van der Waals surface area contributed by atoms with Gasteiger partial charge in [-0.25, -0.2) is 0 Å². The zero-order valence-corrected chi connectivity index (χ0v) is 12.0. The summed E-state index contributed by atoms with van der Waals surface area (Å²) in [7, 11) is 0. The standard InChI is InChI=1S/C16H17BrO/c1-12-3-2-4-14(9-12)15(11-18)10-13-5-7-16(17)8-6-13/h2-9,15,18H,10-11H2,1H3. The lowest BCUT2D eigenvalue weighted by Gasteiger charge is -2.15. The highest BCUT2D eigenvalue weighted by Gasteiger charge is 2.11. The van der Waals surface area contributed by atoms with Crippen molar-refractivity contribution in [2.24, 2.45) is 0 Å². The fourth-order valence-corrected chi connectivity index (χ4v) is 2.38. The number of benzene rings is 2. The topological polar surface area (TPSA) is 20.2 Å². The molecule has 0 fully saturated rings. The van der Waals surface area contributed by atoms with E-state index < -0.39 is 0 Å². The van der Waals surface area contributed by atoms with E-state index in [1.54, 1.807) is 0 Å². The van der Waals surface area contributed by atoms with E-state index in [1.165, 1.54) is 16.7 Å². The first-order valence-corrected chi connectivity index (χ1v) is 6.90. The molecule has 0 heterocycles. The van der Waals surface area contributed by atoms with Crippen LogP contribution in [0.3, 0.4) is 0 Å². The maximum absolute atomic E-state index is 9.58. The number of halogens is 1. The largest absolute Gasteiger partial charge is 0.396 e. The van der Waals surface area contributed by atoms with Crippen LogP contribution in [0, 0.1) is 6.92 Å². The zero-order valence-electron chi connectivity index (χ0n) is 10.4. The summed E-state index contributed by atoms with van der Waals surface area (Å²) in [6, 6.07) is 16.7. The number of rotatable bonds is 4. The minimum absolute atomic E-state index is 0.172. The molecule has 0 aliphatic carbocycles. The SMILES string of the molecule is Cc1cccc(C(CO)Cc2ccc(Br)cc2)c1. The van der Waals surface area contributed by atoms with Crippen molar-refractivity contribution in [2.75, 3.05) is 6.61 Å². The lowest BCUT2D eigenvalue weighted by Crippen LogP contribution is -2.08. The van der Waals surface area contributed by atoms with Crippen LogP contribution in [0.2, 0.25) is 0 Å². The Morgan fingerprint density at radius 2 is 1.83 bits per heavy atom. The van der Waals surface area contributed by atoms with Crippen LogP contribution in [0.15, 0.2) is 53.0 Å². The Morgan fingerprint density at radius 1 is 1.11 bits per heavy atom. The van der Waals surface area contributed by atoms with Crippen LogP contribution in [0.4, 0.5) is 0 Å². The first kappa shape index (κ1) is 13.3. The van der Waals surface area contributed by atoms with Crippen LogP contribution in [0.5, 0.6) is 0 Å². The first-order valence-electron chi connectivity index (χ1n) is 6.11. The fraction of sp³-hybridized carbons (Fsp3) is 0.250. The average Bonchev–Trinajstić information content (AvgIpc) is 2.38. The Balaban J connectivity index is 2.17. The number of aliphatic hydroxyl groups is 1. The summed E-state index contributed by atoms with van der Waals surface area (Å²) >= 11 is 3.43. The molecule has 0 aliphatic heterocycles. The van der Waals surface area contributed by atoms with Gasteiger partial charge in [-0.1, -0.05) is 57.9 Å². The van der Waals surface area contributed by atoms with Gasteiger partial charge in [0.1, 0.15) is 0 Å². The van der Waals surface area contributed by atoms with Crippen molar-refractivity contribution < 1.29 is 5.11 Å². The van der Waals surface area contributed by atoms with E-state index in [9.17, 15) is 5.11 Å². The highest BCUT2D eigenvalue weighted by Crippen LogP contribution is 2.22. The van der Waals surface area contributed by atoms with Crippen LogP contribution in [0.1, 0.15) is 22.6 Å². The van der Waals surface area contributed by atoms with Crippen molar-refractivity contribution in [3.8, 4) is 0 Å². The Hall–Kier alpha value is -1.12. The number of hydrogen-bond donors (Lipinski definition) is 1. The Kier molecular flexibility index (Phi) is 4.56. The quantitative estimate of drug-likeness (QED) is 0.902. The third-order valence-corrected chi connectivity index (χ3v) is 3.66. The van der Waals surface area contributed by atoms with Crippen LogP contribution >= 0.6 is 15.9 Å². The second kappa shape index (κ2) is 6.17. The Bertz CT molecular complexity index is 505. The number of hydrogen-bond acceptors (Lipinski definition) is 1. The van der Waals surface area contributed by atoms with Crippen LogP contribution < -0.4 is 0 Å². The summed E-state index contributed by atoms with van der Waals surface area (Å²) in [5.74, 6) is 0.172. The van der Waals surface area contributed by atoms with Gasteiger partial charge in [-0.15, -0.1) is 0 Å². The van der Waals surface area contributed by atoms with Crippen LogP contribution in [-0.2, 0) is 6.42 Å². The van der Waals surface area contributed by atoms with Gasteiger partial charge in [0.05, 0.1) is 6.61 Å². The van der Waals surface area contributed by atoms with Gasteiger partial charge in [-0.2, -0.15) is 0 Å². The fourth-order valence-electron chi connectivity index (χ4n) is 2.12. The maximum atomic E-state index is 9.58. The molecule has 0 amide bonds. The maximum Gasteiger partial charge on any atom is 0.0502 e. The molecule has 1 unspecified atom stereocenters.